The monoisotopic (exact) mass is 419 g/mol. The molecule has 5 aromatic rings. The highest BCUT2D eigenvalue weighted by Gasteiger charge is 2.24. The molecule has 0 saturated heterocycles. The predicted octanol–water partition coefficient (Wildman–Crippen LogP) is 8.18. The van der Waals surface area contributed by atoms with Gasteiger partial charge in [0, 0.05) is 26.7 Å². The van der Waals surface area contributed by atoms with Crippen molar-refractivity contribution in [2.45, 2.75) is 39.0 Å². The Morgan fingerprint density at radius 3 is 2.55 bits per heavy atom. The predicted molar refractivity (Wildman–Crippen MR) is 134 cm³/mol. The van der Waals surface area contributed by atoms with Crippen LogP contribution in [0.4, 0.5) is 0 Å². The number of aromatic nitrogens is 1. The molecule has 0 saturated carbocycles. The summed E-state index contributed by atoms with van der Waals surface area (Å²) in [5.74, 6) is 0. The second-order valence-corrected chi connectivity index (χ2v) is 10.6. The van der Waals surface area contributed by atoms with Crippen LogP contribution in [-0.2, 0) is 18.3 Å². The smallest absolute Gasteiger partial charge is 0.0792 e. The number of nitrogens with zero attached hydrogens (tertiary/aromatic N) is 1. The molecule has 0 fully saturated rings. The molecule has 31 heavy (non-hydrogen) atoms. The number of pyridine rings is 1. The van der Waals surface area contributed by atoms with Crippen LogP contribution in [0.3, 0.4) is 0 Å². The highest BCUT2D eigenvalue weighted by Crippen LogP contribution is 2.47. The zero-order chi connectivity index (χ0) is 21.2. The Labute approximate surface area is 187 Å². The molecule has 0 amide bonds. The van der Waals surface area contributed by atoms with Crippen LogP contribution in [0.15, 0.2) is 72.9 Å². The van der Waals surface area contributed by atoms with E-state index in [0.717, 1.165) is 18.5 Å². The first kappa shape index (κ1) is 18.8. The van der Waals surface area contributed by atoms with Crippen molar-refractivity contribution in [2.24, 2.45) is 0 Å². The fraction of sp³-hybridized carbons (Fsp3) is 0.207. The molecule has 1 aliphatic rings. The molecule has 2 aromatic heterocycles. The van der Waals surface area contributed by atoms with E-state index < -0.39 is 0 Å². The average molecular weight is 420 g/mol. The van der Waals surface area contributed by atoms with Crippen molar-refractivity contribution in [3.8, 4) is 21.7 Å². The van der Waals surface area contributed by atoms with Crippen molar-refractivity contribution in [1.82, 2.24) is 4.98 Å². The lowest BCUT2D eigenvalue weighted by molar-refractivity contribution is 0.596. The molecule has 0 aliphatic heterocycles. The number of thiophene rings is 1. The molecule has 2 heterocycles. The average Bonchev–Trinajstić information content (AvgIpc) is 3.17. The van der Waals surface area contributed by atoms with Crippen molar-refractivity contribution < 1.29 is 0 Å². The van der Waals surface area contributed by atoms with Crippen LogP contribution in [-0.4, -0.2) is 4.98 Å². The Balaban J connectivity index is 1.66. The maximum Gasteiger partial charge on any atom is 0.0792 e. The molecule has 0 spiro atoms. The summed E-state index contributed by atoms with van der Waals surface area (Å²) in [6, 6.07) is 24.5. The molecule has 0 atom stereocenters. The van der Waals surface area contributed by atoms with Gasteiger partial charge in [-0.1, -0.05) is 69.3 Å². The first-order valence-electron chi connectivity index (χ1n) is 11.0. The van der Waals surface area contributed by atoms with Crippen LogP contribution in [0.5, 0.6) is 0 Å². The Morgan fingerprint density at radius 2 is 1.68 bits per heavy atom. The van der Waals surface area contributed by atoms with Crippen LogP contribution in [0.25, 0.3) is 42.6 Å². The Hall–Kier alpha value is -2.97. The Kier molecular flexibility index (Phi) is 4.10. The van der Waals surface area contributed by atoms with Crippen molar-refractivity contribution in [2.75, 3.05) is 0 Å². The zero-order valence-corrected chi connectivity index (χ0v) is 19.0. The highest BCUT2D eigenvalue weighted by molar-refractivity contribution is 7.22. The van der Waals surface area contributed by atoms with Gasteiger partial charge < -0.3 is 0 Å². The third-order valence-corrected chi connectivity index (χ3v) is 7.78. The number of benzene rings is 3. The summed E-state index contributed by atoms with van der Waals surface area (Å²) in [4.78, 5) is 6.38. The van der Waals surface area contributed by atoms with Gasteiger partial charge in [0.1, 0.15) is 0 Å². The molecule has 3 aromatic carbocycles. The topological polar surface area (TPSA) is 12.9 Å². The van der Waals surface area contributed by atoms with Gasteiger partial charge in [-0.3, -0.25) is 4.98 Å². The van der Waals surface area contributed by atoms with E-state index in [1.54, 1.807) is 0 Å². The van der Waals surface area contributed by atoms with Gasteiger partial charge in [0.05, 0.1) is 5.69 Å². The lowest BCUT2D eigenvalue weighted by Gasteiger charge is -2.23. The number of hydrogen-bond donors (Lipinski definition) is 0. The van der Waals surface area contributed by atoms with E-state index in [4.69, 9.17) is 4.98 Å². The first-order chi connectivity index (χ1) is 15.0. The minimum Gasteiger partial charge on any atom is -0.256 e. The van der Waals surface area contributed by atoms with Crippen LogP contribution in [0.2, 0.25) is 0 Å². The SMILES string of the molecule is CC(C)(C)c1cc(-c2nccc3sc4c(c23)CCc2ccccc2-4)cc2ccccc12. The summed E-state index contributed by atoms with van der Waals surface area (Å²) in [5.41, 5.74) is 8.17. The molecule has 0 N–H and O–H groups in total. The van der Waals surface area contributed by atoms with Gasteiger partial charge in [-0.05, 0) is 69.5 Å². The summed E-state index contributed by atoms with van der Waals surface area (Å²) >= 11 is 1.92. The molecule has 0 radical (unpaired) electrons. The Bertz CT molecular complexity index is 1470. The molecule has 0 unspecified atom stereocenters. The molecule has 152 valence electrons. The summed E-state index contributed by atoms with van der Waals surface area (Å²) in [5, 5.41) is 3.98. The molecular weight excluding hydrogens is 394 g/mol. The second-order valence-electron chi connectivity index (χ2n) is 9.59. The van der Waals surface area contributed by atoms with Gasteiger partial charge in [-0.2, -0.15) is 0 Å². The lowest BCUT2D eigenvalue weighted by Crippen LogP contribution is -2.12. The van der Waals surface area contributed by atoms with Gasteiger partial charge >= 0.3 is 0 Å². The first-order valence-corrected chi connectivity index (χ1v) is 11.8. The molecule has 1 nitrogen and oxygen atoms in total. The van der Waals surface area contributed by atoms with Gasteiger partial charge in [0.25, 0.3) is 0 Å². The van der Waals surface area contributed by atoms with Crippen molar-refractivity contribution >= 4 is 32.2 Å². The van der Waals surface area contributed by atoms with Gasteiger partial charge in [-0.15, -0.1) is 11.3 Å². The maximum absolute atomic E-state index is 4.95. The fourth-order valence-electron chi connectivity index (χ4n) is 5.07. The van der Waals surface area contributed by atoms with Crippen LogP contribution in [0, 0.1) is 0 Å². The highest BCUT2D eigenvalue weighted by atomic mass is 32.1. The molecule has 6 rings (SSSR count). The largest absolute Gasteiger partial charge is 0.256 e. The summed E-state index contributed by atoms with van der Waals surface area (Å²) < 4.78 is 1.34. The normalized spacial score (nSPS) is 13.4. The third-order valence-electron chi connectivity index (χ3n) is 6.55. The van der Waals surface area contributed by atoms with E-state index in [2.05, 4.69) is 87.5 Å². The fourth-order valence-corrected chi connectivity index (χ4v) is 6.38. The van der Waals surface area contributed by atoms with Crippen molar-refractivity contribution in [3.63, 3.8) is 0 Å². The van der Waals surface area contributed by atoms with E-state index in [0.29, 0.717) is 0 Å². The quantitative estimate of drug-likeness (QED) is 0.267. The van der Waals surface area contributed by atoms with E-state index >= 15 is 0 Å². The lowest BCUT2D eigenvalue weighted by atomic mass is 9.82. The molecule has 1 aliphatic carbocycles. The Morgan fingerprint density at radius 1 is 0.871 bits per heavy atom. The second kappa shape index (κ2) is 6.77. The van der Waals surface area contributed by atoms with E-state index in [1.807, 2.05) is 17.5 Å². The maximum atomic E-state index is 4.95. The van der Waals surface area contributed by atoms with Gasteiger partial charge in [0.2, 0.25) is 0 Å². The zero-order valence-electron chi connectivity index (χ0n) is 18.2. The van der Waals surface area contributed by atoms with Gasteiger partial charge in [-0.25, -0.2) is 0 Å². The van der Waals surface area contributed by atoms with Crippen molar-refractivity contribution in [1.29, 1.82) is 0 Å². The summed E-state index contributed by atoms with van der Waals surface area (Å²) in [7, 11) is 0. The van der Waals surface area contributed by atoms with E-state index in [1.165, 1.54) is 53.6 Å². The minimum atomic E-state index is 0.0660. The van der Waals surface area contributed by atoms with Crippen LogP contribution < -0.4 is 0 Å². The standard InChI is InChI=1S/C29H25NS/c1-29(2,3)24-17-20(16-19-9-5-6-10-21(19)24)27-26-23-13-12-18-8-4-7-11-22(18)28(23)31-25(26)14-15-30-27/h4-11,14-17H,12-13H2,1-3H3. The minimum absolute atomic E-state index is 0.0660. The van der Waals surface area contributed by atoms with Crippen LogP contribution >= 0.6 is 11.3 Å². The number of hydrogen-bond acceptors (Lipinski definition) is 2. The number of rotatable bonds is 1. The van der Waals surface area contributed by atoms with E-state index in [9.17, 15) is 0 Å². The summed E-state index contributed by atoms with van der Waals surface area (Å²) in [6.07, 6.45) is 4.18. The summed E-state index contributed by atoms with van der Waals surface area (Å²) in [6.45, 7) is 6.90. The number of fused-ring (bicyclic) bond motifs is 6. The third kappa shape index (κ3) is 2.93. The molecule has 0 bridgehead atoms. The van der Waals surface area contributed by atoms with Crippen molar-refractivity contribution in [3.05, 3.63) is 89.6 Å². The number of aryl methyl sites for hydroxylation is 2. The molecular formula is C29H25NS. The molecule has 2 heteroatoms. The van der Waals surface area contributed by atoms with E-state index in [-0.39, 0.29) is 5.41 Å². The van der Waals surface area contributed by atoms with Gasteiger partial charge in [0.15, 0.2) is 0 Å². The van der Waals surface area contributed by atoms with Crippen LogP contribution in [0.1, 0.15) is 37.5 Å².